The zero-order valence-electron chi connectivity index (χ0n) is 22.3. The number of sulfonamides is 1. The van der Waals surface area contributed by atoms with Crippen molar-refractivity contribution in [3.8, 4) is 5.75 Å². The van der Waals surface area contributed by atoms with Crippen LogP contribution in [0.4, 0.5) is 0 Å². The summed E-state index contributed by atoms with van der Waals surface area (Å²) in [6.45, 7) is 3.24. The monoisotopic (exact) mass is 552 g/mol. The summed E-state index contributed by atoms with van der Waals surface area (Å²) in [5, 5.41) is 5.62. The van der Waals surface area contributed by atoms with Crippen LogP contribution in [0.15, 0.2) is 59.8 Å². The summed E-state index contributed by atoms with van der Waals surface area (Å²) in [6, 6.07) is 11.1. The number of carbonyl (C=O) groups is 2. The Balaban J connectivity index is 1.28. The number of likely N-dealkylation sites (tertiary alicyclic amines) is 1. The molecular weight excluding hydrogens is 516 g/mol. The van der Waals surface area contributed by atoms with Gasteiger partial charge < -0.3 is 15.4 Å². The fourth-order valence-corrected chi connectivity index (χ4v) is 7.18. The highest BCUT2D eigenvalue weighted by atomic mass is 32.2. The zero-order chi connectivity index (χ0) is 27.4. The second-order valence-electron chi connectivity index (χ2n) is 10.4. The quantitative estimate of drug-likeness (QED) is 0.521. The van der Waals surface area contributed by atoms with E-state index >= 15 is 0 Å². The summed E-state index contributed by atoms with van der Waals surface area (Å²) in [6.07, 6.45) is 8.83. The Morgan fingerprint density at radius 1 is 1.08 bits per heavy atom. The highest BCUT2D eigenvalue weighted by Gasteiger charge is 2.37. The average molecular weight is 553 g/mol. The van der Waals surface area contributed by atoms with Crippen LogP contribution in [0.1, 0.15) is 61.3 Å². The van der Waals surface area contributed by atoms with Crippen LogP contribution in [-0.2, 0) is 32.6 Å². The van der Waals surface area contributed by atoms with Gasteiger partial charge in [-0.25, -0.2) is 8.42 Å². The number of nitrogens with zero attached hydrogens (tertiary/aromatic N) is 2. The smallest absolute Gasteiger partial charge is 0.264 e. The first-order chi connectivity index (χ1) is 18.8. The van der Waals surface area contributed by atoms with Gasteiger partial charge in [0.15, 0.2) is 0 Å². The maximum Gasteiger partial charge on any atom is 0.264 e. The number of methoxy groups -OCH3 is 1. The highest BCUT2D eigenvalue weighted by Crippen LogP contribution is 2.31. The number of rotatable bonds is 8. The molecule has 10 heteroatoms. The molecule has 0 saturated carbocycles. The number of fused-ring (bicyclic) bond motifs is 1. The molecule has 2 heterocycles. The molecule has 208 valence electrons. The number of benzene rings is 2. The lowest BCUT2D eigenvalue weighted by atomic mass is 9.86. The van der Waals surface area contributed by atoms with Gasteiger partial charge in [-0.15, -0.1) is 0 Å². The molecule has 0 aromatic heterocycles. The van der Waals surface area contributed by atoms with E-state index in [1.165, 1.54) is 62.0 Å². The van der Waals surface area contributed by atoms with E-state index in [2.05, 4.69) is 33.7 Å². The minimum atomic E-state index is -4.07. The first-order valence-electron chi connectivity index (χ1n) is 13.6. The molecule has 0 unspecified atom stereocenters. The molecule has 0 spiro atoms. The number of hydrogen-bond acceptors (Lipinski definition) is 6. The van der Waals surface area contributed by atoms with Gasteiger partial charge in [-0.3, -0.25) is 18.8 Å². The van der Waals surface area contributed by atoms with Crippen molar-refractivity contribution in [3.63, 3.8) is 0 Å². The molecule has 9 nitrogen and oxygen atoms in total. The first-order valence-corrected chi connectivity index (χ1v) is 15.1. The lowest BCUT2D eigenvalue weighted by Crippen LogP contribution is -2.51. The van der Waals surface area contributed by atoms with Crippen molar-refractivity contribution in [2.45, 2.75) is 68.5 Å². The van der Waals surface area contributed by atoms with E-state index in [4.69, 9.17) is 4.74 Å². The largest absolute Gasteiger partial charge is 0.497 e. The lowest BCUT2D eigenvalue weighted by Gasteiger charge is -2.32. The van der Waals surface area contributed by atoms with Gasteiger partial charge in [-0.1, -0.05) is 24.6 Å². The lowest BCUT2D eigenvalue weighted by molar-refractivity contribution is -0.129. The first kappa shape index (κ1) is 27.2. The van der Waals surface area contributed by atoms with E-state index in [-0.39, 0.29) is 23.3 Å². The van der Waals surface area contributed by atoms with Crippen LogP contribution in [0.25, 0.3) is 0 Å². The van der Waals surface area contributed by atoms with E-state index in [0.717, 1.165) is 48.8 Å². The van der Waals surface area contributed by atoms with Crippen molar-refractivity contribution in [1.29, 1.82) is 0 Å². The molecule has 1 aliphatic carbocycles. The molecule has 2 aromatic carbocycles. The summed E-state index contributed by atoms with van der Waals surface area (Å²) in [4.78, 5) is 28.4. The van der Waals surface area contributed by atoms with Crippen LogP contribution in [0, 0.1) is 0 Å². The number of hydrogen-bond donors (Lipinski definition) is 2. The van der Waals surface area contributed by atoms with E-state index in [0.29, 0.717) is 5.75 Å². The molecule has 1 saturated heterocycles. The van der Waals surface area contributed by atoms with Crippen LogP contribution < -0.4 is 15.4 Å². The van der Waals surface area contributed by atoms with Gasteiger partial charge in [-0.05, 0) is 86.1 Å². The zero-order valence-corrected chi connectivity index (χ0v) is 23.1. The molecule has 2 N–H and O–H groups in total. The van der Waals surface area contributed by atoms with Gasteiger partial charge in [0.2, 0.25) is 11.8 Å². The predicted octanol–water partition coefficient (Wildman–Crippen LogP) is 3.23. The Morgan fingerprint density at radius 3 is 2.59 bits per heavy atom. The van der Waals surface area contributed by atoms with Crippen LogP contribution in [0.5, 0.6) is 5.75 Å². The minimum Gasteiger partial charge on any atom is -0.497 e. The molecule has 2 amide bonds. The maximum absolute atomic E-state index is 13.4. The van der Waals surface area contributed by atoms with Crippen molar-refractivity contribution in [2.24, 2.45) is 0 Å². The summed E-state index contributed by atoms with van der Waals surface area (Å²) in [5.41, 5.74) is 3.66. The highest BCUT2D eigenvalue weighted by molar-refractivity contribution is 7.89. The number of piperidine rings is 1. The van der Waals surface area contributed by atoms with Crippen molar-refractivity contribution in [3.05, 3.63) is 71.6 Å². The van der Waals surface area contributed by atoms with Gasteiger partial charge >= 0.3 is 0 Å². The number of nitrogens with one attached hydrogen (secondary N) is 2. The second-order valence-corrected chi connectivity index (χ2v) is 12.3. The fraction of sp³-hybridized carbons (Fsp3) is 0.448. The summed E-state index contributed by atoms with van der Waals surface area (Å²) in [7, 11) is -2.57. The Morgan fingerprint density at radius 2 is 1.85 bits per heavy atom. The summed E-state index contributed by atoms with van der Waals surface area (Å²) < 4.78 is 32.8. The minimum absolute atomic E-state index is 0.00891. The van der Waals surface area contributed by atoms with Gasteiger partial charge in [0.1, 0.15) is 11.8 Å². The molecule has 2 aromatic rings. The topological polar surface area (TPSA) is 108 Å². The molecule has 0 bridgehead atoms. The van der Waals surface area contributed by atoms with E-state index in [1.54, 1.807) is 12.1 Å². The third kappa shape index (κ3) is 6.12. The third-order valence-electron chi connectivity index (χ3n) is 7.78. The molecule has 5 rings (SSSR count). The third-order valence-corrected chi connectivity index (χ3v) is 9.58. The number of ether oxygens (including phenoxy) is 1. The van der Waals surface area contributed by atoms with Gasteiger partial charge in [0, 0.05) is 18.9 Å². The van der Waals surface area contributed by atoms with Crippen LogP contribution in [0.3, 0.4) is 0 Å². The Labute approximate surface area is 230 Å². The number of aryl methyl sites for hydroxylation is 1. The molecule has 3 aliphatic rings. The molecule has 2 atom stereocenters. The fourth-order valence-electron chi connectivity index (χ4n) is 5.73. The van der Waals surface area contributed by atoms with E-state index in [1.807, 2.05) is 0 Å². The normalized spacial score (nSPS) is 21.7. The Hall–Kier alpha value is -3.37. The summed E-state index contributed by atoms with van der Waals surface area (Å²) in [5.74, 6) is -0.394. The standard InChI is InChI=1S/C29H36N4O5S/c1-38-23-9-11-24(12-10-23)39(36,37)33-17-14-30-29(35)27(33)19-28(34)31-26-7-5-6-22-18-21(8-13-25(22)26)20-32-15-3-2-4-16-32/h8-14,17-18,26-27H,2-7,15-16,19-20H2,1H3,(H,30,35)(H,31,34)/t26-,27-/m1/s1. The van der Waals surface area contributed by atoms with Crippen LogP contribution >= 0.6 is 0 Å². The summed E-state index contributed by atoms with van der Waals surface area (Å²) >= 11 is 0. The van der Waals surface area contributed by atoms with Crippen molar-refractivity contribution < 1.29 is 22.7 Å². The SMILES string of the molecule is COc1ccc(S(=O)(=O)N2C=CNC(=O)[C@H]2CC(=O)N[C@@H]2CCCc3cc(CN4CCCCC4)ccc32)cc1. The molecule has 39 heavy (non-hydrogen) atoms. The molecule has 2 aliphatic heterocycles. The predicted molar refractivity (Wildman–Crippen MR) is 147 cm³/mol. The van der Waals surface area contributed by atoms with Gasteiger partial charge in [0.05, 0.1) is 24.5 Å². The van der Waals surface area contributed by atoms with E-state index in [9.17, 15) is 18.0 Å². The Bertz CT molecular complexity index is 1340. The van der Waals surface area contributed by atoms with Crippen LogP contribution in [0.2, 0.25) is 0 Å². The van der Waals surface area contributed by atoms with Gasteiger partial charge in [-0.2, -0.15) is 0 Å². The van der Waals surface area contributed by atoms with E-state index < -0.39 is 22.0 Å². The molecular formula is C29H36N4O5S. The average Bonchev–Trinajstić information content (AvgIpc) is 2.94. The van der Waals surface area contributed by atoms with Crippen LogP contribution in [-0.4, -0.2) is 55.7 Å². The van der Waals surface area contributed by atoms with Crippen molar-refractivity contribution >= 4 is 21.8 Å². The molecule has 0 radical (unpaired) electrons. The van der Waals surface area contributed by atoms with Gasteiger partial charge in [0.25, 0.3) is 10.0 Å². The van der Waals surface area contributed by atoms with Crippen molar-refractivity contribution in [2.75, 3.05) is 20.2 Å². The number of amides is 2. The number of carbonyl (C=O) groups excluding carboxylic acids is 2. The second kappa shape index (κ2) is 11.8. The Kier molecular flexibility index (Phi) is 8.23. The maximum atomic E-state index is 13.4. The molecule has 1 fully saturated rings. The van der Waals surface area contributed by atoms with Crippen molar-refractivity contribution in [1.82, 2.24) is 19.8 Å².